The molecule has 1 aromatic heterocycles. The van der Waals surface area contributed by atoms with Crippen molar-refractivity contribution in [1.29, 1.82) is 0 Å². The molecule has 0 amide bonds. The lowest BCUT2D eigenvalue weighted by molar-refractivity contribution is 0.456. The van der Waals surface area contributed by atoms with E-state index in [4.69, 9.17) is 4.98 Å². The van der Waals surface area contributed by atoms with Gasteiger partial charge in [0.05, 0.1) is 16.6 Å². The van der Waals surface area contributed by atoms with Crippen LogP contribution in [0.3, 0.4) is 0 Å². The van der Waals surface area contributed by atoms with Gasteiger partial charge in [-0.2, -0.15) is 4.99 Å². The number of carbonyl (C=O) groups excluding carboxylic acids is 1. The van der Waals surface area contributed by atoms with Crippen molar-refractivity contribution in [3.05, 3.63) is 29.6 Å². The number of aryl methyl sites for hydroxylation is 1. The fourth-order valence-electron chi connectivity index (χ4n) is 3.73. The van der Waals surface area contributed by atoms with E-state index in [1.54, 1.807) is 6.08 Å². The molecule has 0 radical (unpaired) electrons. The quantitative estimate of drug-likeness (QED) is 0.638. The summed E-state index contributed by atoms with van der Waals surface area (Å²) < 4.78 is 2.21. The van der Waals surface area contributed by atoms with E-state index in [1.165, 1.54) is 24.2 Å². The van der Waals surface area contributed by atoms with Gasteiger partial charge in [-0.05, 0) is 43.4 Å². The number of imidazole rings is 1. The average Bonchev–Trinajstić information content (AvgIpc) is 3.14. The molecule has 0 spiro atoms. The van der Waals surface area contributed by atoms with E-state index in [0.717, 1.165) is 36.8 Å². The lowest BCUT2D eigenvalue weighted by Crippen LogP contribution is -2.18. The summed E-state index contributed by atoms with van der Waals surface area (Å²) in [4.78, 5) is 19.8. The fraction of sp³-hybridized carbons (Fsp3) is 0.529. The smallest absolute Gasteiger partial charge is 0.235 e. The highest BCUT2D eigenvalue weighted by Crippen LogP contribution is 2.44. The normalized spacial score (nSPS) is 20.6. The van der Waals surface area contributed by atoms with Gasteiger partial charge in [-0.3, -0.25) is 0 Å². The summed E-state index contributed by atoms with van der Waals surface area (Å²) in [5.74, 6) is 1.83. The SMILES string of the molecule is Cn1c(C2CC2)nc2cc(C3(N=C=O)CCCC3)ccc21. The Labute approximate surface area is 123 Å². The van der Waals surface area contributed by atoms with Gasteiger partial charge in [0, 0.05) is 13.0 Å². The first-order chi connectivity index (χ1) is 10.2. The van der Waals surface area contributed by atoms with E-state index >= 15 is 0 Å². The second-order valence-electron chi connectivity index (χ2n) is 6.45. The molecule has 0 bridgehead atoms. The van der Waals surface area contributed by atoms with Gasteiger partial charge in [0.15, 0.2) is 0 Å². The molecular weight excluding hydrogens is 262 g/mol. The molecule has 0 aliphatic heterocycles. The van der Waals surface area contributed by atoms with Crippen LogP contribution in [0.2, 0.25) is 0 Å². The van der Waals surface area contributed by atoms with E-state index in [0.29, 0.717) is 5.92 Å². The van der Waals surface area contributed by atoms with Crippen LogP contribution in [0.5, 0.6) is 0 Å². The van der Waals surface area contributed by atoms with Crippen LogP contribution in [0, 0.1) is 0 Å². The second kappa shape index (κ2) is 4.54. The van der Waals surface area contributed by atoms with E-state index < -0.39 is 0 Å². The molecule has 21 heavy (non-hydrogen) atoms. The van der Waals surface area contributed by atoms with Crippen LogP contribution in [0.15, 0.2) is 23.2 Å². The molecule has 2 aliphatic rings. The van der Waals surface area contributed by atoms with E-state index in [1.807, 2.05) is 0 Å². The summed E-state index contributed by atoms with van der Waals surface area (Å²) in [5, 5.41) is 0. The van der Waals surface area contributed by atoms with Crippen molar-refractivity contribution in [3.63, 3.8) is 0 Å². The van der Waals surface area contributed by atoms with Gasteiger partial charge in [-0.1, -0.05) is 18.9 Å². The highest BCUT2D eigenvalue weighted by molar-refractivity contribution is 5.77. The summed E-state index contributed by atoms with van der Waals surface area (Å²) in [6, 6.07) is 6.38. The predicted molar refractivity (Wildman–Crippen MR) is 81.0 cm³/mol. The number of nitrogens with zero attached hydrogens (tertiary/aromatic N) is 3. The Bertz CT molecular complexity index is 745. The zero-order chi connectivity index (χ0) is 14.4. The first kappa shape index (κ1) is 12.8. The zero-order valence-corrected chi connectivity index (χ0v) is 12.3. The van der Waals surface area contributed by atoms with Crippen molar-refractivity contribution in [2.24, 2.45) is 12.0 Å². The third kappa shape index (κ3) is 1.94. The number of aliphatic imine (C=N–C) groups is 1. The number of isocyanates is 1. The van der Waals surface area contributed by atoms with Crippen molar-refractivity contribution in [3.8, 4) is 0 Å². The molecule has 2 fully saturated rings. The molecule has 2 aliphatic carbocycles. The molecule has 0 N–H and O–H groups in total. The monoisotopic (exact) mass is 281 g/mol. The standard InChI is InChI=1S/C17H19N3O/c1-20-15-7-6-13(17(18-11-21)8-2-3-9-17)10-14(15)19-16(20)12-4-5-12/h6-7,10,12H,2-5,8-9H2,1H3. The Morgan fingerprint density at radius 1 is 1.33 bits per heavy atom. The summed E-state index contributed by atoms with van der Waals surface area (Å²) in [6.07, 6.45) is 8.43. The van der Waals surface area contributed by atoms with Gasteiger partial charge in [0.2, 0.25) is 6.08 Å². The minimum Gasteiger partial charge on any atom is -0.331 e. The van der Waals surface area contributed by atoms with Crippen LogP contribution in [-0.4, -0.2) is 15.6 Å². The summed E-state index contributed by atoms with van der Waals surface area (Å²) >= 11 is 0. The van der Waals surface area contributed by atoms with Crippen molar-refractivity contribution >= 4 is 17.1 Å². The minimum absolute atomic E-state index is 0.354. The van der Waals surface area contributed by atoms with Gasteiger partial charge in [-0.25, -0.2) is 9.78 Å². The fourth-order valence-corrected chi connectivity index (χ4v) is 3.73. The highest BCUT2D eigenvalue weighted by atomic mass is 16.1. The Morgan fingerprint density at radius 2 is 2.10 bits per heavy atom. The molecule has 108 valence electrons. The summed E-state index contributed by atoms with van der Waals surface area (Å²) in [7, 11) is 2.09. The third-order valence-corrected chi connectivity index (χ3v) is 5.09. The van der Waals surface area contributed by atoms with Gasteiger partial charge < -0.3 is 4.57 Å². The Kier molecular flexibility index (Phi) is 2.76. The number of aromatic nitrogens is 2. The number of hydrogen-bond donors (Lipinski definition) is 0. The maximum atomic E-state index is 10.8. The number of hydrogen-bond acceptors (Lipinski definition) is 3. The number of benzene rings is 1. The van der Waals surface area contributed by atoms with Crippen LogP contribution >= 0.6 is 0 Å². The van der Waals surface area contributed by atoms with Gasteiger partial charge in [0.25, 0.3) is 0 Å². The average molecular weight is 281 g/mol. The van der Waals surface area contributed by atoms with Gasteiger partial charge in [0.1, 0.15) is 5.82 Å². The molecular formula is C17H19N3O. The maximum Gasteiger partial charge on any atom is 0.235 e. The van der Waals surface area contributed by atoms with Crippen molar-refractivity contribution in [2.45, 2.75) is 50.0 Å². The summed E-state index contributed by atoms with van der Waals surface area (Å²) in [6.45, 7) is 0. The zero-order valence-electron chi connectivity index (χ0n) is 12.3. The minimum atomic E-state index is -0.354. The largest absolute Gasteiger partial charge is 0.331 e. The lowest BCUT2D eigenvalue weighted by atomic mass is 9.89. The van der Waals surface area contributed by atoms with Crippen LogP contribution < -0.4 is 0 Å². The first-order valence-electron chi connectivity index (χ1n) is 7.79. The molecule has 1 aromatic carbocycles. The Morgan fingerprint density at radius 3 is 2.76 bits per heavy atom. The molecule has 2 saturated carbocycles. The van der Waals surface area contributed by atoms with E-state index in [2.05, 4.69) is 34.8 Å². The molecule has 4 rings (SSSR count). The van der Waals surface area contributed by atoms with E-state index in [9.17, 15) is 4.79 Å². The molecule has 4 nitrogen and oxygen atoms in total. The molecule has 1 heterocycles. The molecule has 0 saturated heterocycles. The second-order valence-corrected chi connectivity index (χ2v) is 6.45. The molecule has 4 heteroatoms. The maximum absolute atomic E-state index is 10.8. The van der Waals surface area contributed by atoms with Gasteiger partial charge in [-0.15, -0.1) is 0 Å². The predicted octanol–water partition coefficient (Wildman–Crippen LogP) is 3.56. The van der Waals surface area contributed by atoms with Crippen LogP contribution in [-0.2, 0) is 17.4 Å². The highest BCUT2D eigenvalue weighted by Gasteiger charge is 2.36. The van der Waals surface area contributed by atoms with Crippen molar-refractivity contribution in [1.82, 2.24) is 9.55 Å². The number of fused-ring (bicyclic) bond motifs is 1. The van der Waals surface area contributed by atoms with Crippen molar-refractivity contribution < 1.29 is 4.79 Å². The molecule has 0 unspecified atom stereocenters. The lowest BCUT2D eigenvalue weighted by Gasteiger charge is -2.22. The Balaban J connectivity index is 1.84. The molecule has 2 aromatic rings. The number of rotatable bonds is 3. The first-order valence-corrected chi connectivity index (χ1v) is 7.79. The van der Waals surface area contributed by atoms with Crippen LogP contribution in [0.1, 0.15) is 55.8 Å². The van der Waals surface area contributed by atoms with Crippen LogP contribution in [0.25, 0.3) is 11.0 Å². The van der Waals surface area contributed by atoms with Gasteiger partial charge >= 0.3 is 0 Å². The third-order valence-electron chi connectivity index (χ3n) is 5.09. The molecule has 0 atom stereocenters. The van der Waals surface area contributed by atoms with Crippen molar-refractivity contribution in [2.75, 3.05) is 0 Å². The van der Waals surface area contributed by atoms with E-state index in [-0.39, 0.29) is 5.54 Å². The topological polar surface area (TPSA) is 47.2 Å². The summed E-state index contributed by atoms with van der Waals surface area (Å²) in [5.41, 5.74) is 2.97. The van der Waals surface area contributed by atoms with Crippen LogP contribution in [0.4, 0.5) is 0 Å². The Hall–Kier alpha value is -1.93.